The minimum atomic E-state index is 0.181. The number of aromatic nitrogens is 4. The lowest BCUT2D eigenvalue weighted by Gasteiger charge is -1.87. The van der Waals surface area contributed by atoms with E-state index in [0.717, 1.165) is 0 Å². The number of nitrogens with zero attached hydrogens (tertiary/aromatic N) is 4. The highest BCUT2D eigenvalue weighted by Crippen LogP contribution is 1.85. The molecular formula is C3H6ClN5. The molecule has 0 saturated heterocycles. The zero-order chi connectivity index (χ0) is 6.69. The number of alkyl halides is 1. The molecular weight excluding hydrogens is 142 g/mol. The van der Waals surface area contributed by atoms with E-state index < -0.39 is 0 Å². The summed E-state index contributed by atoms with van der Waals surface area (Å²) in [5, 5.41) is 10.7. The molecule has 0 aliphatic carbocycles. The van der Waals surface area contributed by atoms with Crippen molar-refractivity contribution in [1.82, 2.24) is 20.2 Å². The van der Waals surface area contributed by atoms with Gasteiger partial charge in [-0.25, -0.2) is 0 Å². The predicted molar refractivity (Wildman–Crippen MR) is 32.9 cm³/mol. The number of anilines is 1. The normalized spacial score (nSPS) is 9.89. The van der Waals surface area contributed by atoms with Crippen molar-refractivity contribution in [2.45, 2.75) is 6.54 Å². The lowest BCUT2D eigenvalue weighted by Crippen LogP contribution is -2.03. The van der Waals surface area contributed by atoms with Crippen LogP contribution in [0.25, 0.3) is 0 Å². The van der Waals surface area contributed by atoms with Crippen LogP contribution in [0.5, 0.6) is 0 Å². The highest BCUT2D eigenvalue weighted by Gasteiger charge is 1.93. The van der Waals surface area contributed by atoms with Crippen molar-refractivity contribution in [2.24, 2.45) is 0 Å². The van der Waals surface area contributed by atoms with Crippen LogP contribution in [0.2, 0.25) is 0 Å². The van der Waals surface area contributed by atoms with Gasteiger partial charge in [0, 0.05) is 5.88 Å². The Bertz CT molecular complexity index is 184. The van der Waals surface area contributed by atoms with Gasteiger partial charge in [0.15, 0.2) is 0 Å². The summed E-state index contributed by atoms with van der Waals surface area (Å²) in [7, 11) is 0. The van der Waals surface area contributed by atoms with E-state index in [9.17, 15) is 0 Å². The summed E-state index contributed by atoms with van der Waals surface area (Å²) in [5.41, 5.74) is 5.16. The summed E-state index contributed by atoms with van der Waals surface area (Å²) in [6.45, 7) is 0.547. The van der Waals surface area contributed by atoms with E-state index in [4.69, 9.17) is 17.3 Å². The van der Waals surface area contributed by atoms with Crippen molar-refractivity contribution in [3.8, 4) is 0 Å². The van der Waals surface area contributed by atoms with Gasteiger partial charge in [0.25, 0.3) is 5.95 Å². The molecule has 0 bridgehead atoms. The predicted octanol–water partition coefficient (Wildman–Crippen LogP) is -0.506. The number of nitrogens with two attached hydrogens (primary N) is 1. The topological polar surface area (TPSA) is 69.6 Å². The Hall–Kier alpha value is -0.840. The van der Waals surface area contributed by atoms with Crippen LogP contribution in [0.4, 0.5) is 5.95 Å². The molecule has 9 heavy (non-hydrogen) atoms. The lowest BCUT2D eigenvalue weighted by atomic mass is 10.8. The van der Waals surface area contributed by atoms with Crippen LogP contribution in [-0.4, -0.2) is 26.1 Å². The van der Waals surface area contributed by atoms with E-state index in [0.29, 0.717) is 12.4 Å². The smallest absolute Gasteiger partial charge is 0.260 e. The van der Waals surface area contributed by atoms with Gasteiger partial charge >= 0.3 is 0 Å². The highest BCUT2D eigenvalue weighted by atomic mass is 35.5. The fraction of sp³-hybridized carbons (Fsp3) is 0.667. The van der Waals surface area contributed by atoms with Crippen LogP contribution in [0.15, 0.2) is 0 Å². The van der Waals surface area contributed by atoms with Crippen molar-refractivity contribution in [3.05, 3.63) is 0 Å². The molecule has 0 radical (unpaired) electrons. The molecule has 0 aliphatic rings. The van der Waals surface area contributed by atoms with E-state index in [1.165, 1.54) is 4.80 Å². The fourth-order valence-corrected chi connectivity index (χ4v) is 0.577. The lowest BCUT2D eigenvalue weighted by molar-refractivity contribution is 0.556. The van der Waals surface area contributed by atoms with Gasteiger partial charge < -0.3 is 5.73 Å². The third kappa shape index (κ3) is 1.53. The second-order valence-corrected chi connectivity index (χ2v) is 1.81. The van der Waals surface area contributed by atoms with Crippen molar-refractivity contribution < 1.29 is 0 Å². The molecule has 0 aliphatic heterocycles. The molecule has 1 aromatic rings. The molecule has 0 spiro atoms. The monoisotopic (exact) mass is 147 g/mol. The molecule has 0 fully saturated rings. The maximum atomic E-state index is 5.38. The molecule has 0 saturated carbocycles. The Kier molecular flexibility index (Phi) is 1.84. The first kappa shape index (κ1) is 6.28. The number of rotatable bonds is 2. The van der Waals surface area contributed by atoms with E-state index in [1.807, 2.05) is 0 Å². The molecule has 1 aromatic heterocycles. The number of tetrazole rings is 1. The quantitative estimate of drug-likeness (QED) is 0.573. The minimum Gasteiger partial charge on any atom is -0.365 e. The number of hydrogen-bond donors (Lipinski definition) is 1. The first-order valence-corrected chi connectivity index (χ1v) is 2.95. The summed E-state index contributed by atoms with van der Waals surface area (Å²) in [4.78, 5) is 1.35. The van der Waals surface area contributed by atoms with Gasteiger partial charge in [0.05, 0.1) is 6.54 Å². The molecule has 0 atom stereocenters. The number of aryl methyl sites for hydroxylation is 1. The SMILES string of the molecule is Nc1nnn(CCCl)n1. The van der Waals surface area contributed by atoms with E-state index >= 15 is 0 Å². The van der Waals surface area contributed by atoms with E-state index in [2.05, 4.69) is 15.4 Å². The molecule has 1 heterocycles. The zero-order valence-corrected chi connectivity index (χ0v) is 5.41. The fourth-order valence-electron chi connectivity index (χ4n) is 0.426. The van der Waals surface area contributed by atoms with Gasteiger partial charge in [0.2, 0.25) is 0 Å². The largest absolute Gasteiger partial charge is 0.365 e. The third-order valence-corrected chi connectivity index (χ3v) is 0.922. The Morgan fingerprint density at radius 1 is 1.67 bits per heavy atom. The summed E-state index contributed by atoms with van der Waals surface area (Å²) in [5.74, 6) is 0.649. The van der Waals surface area contributed by atoms with Crippen LogP contribution < -0.4 is 5.73 Å². The molecule has 5 nitrogen and oxygen atoms in total. The average Bonchev–Trinajstić information content (AvgIpc) is 2.17. The van der Waals surface area contributed by atoms with Crippen molar-refractivity contribution in [2.75, 3.05) is 11.6 Å². The third-order valence-electron chi connectivity index (χ3n) is 0.753. The highest BCUT2D eigenvalue weighted by molar-refractivity contribution is 6.17. The first-order valence-electron chi connectivity index (χ1n) is 2.42. The van der Waals surface area contributed by atoms with Crippen LogP contribution in [-0.2, 0) is 6.54 Å². The maximum absolute atomic E-state index is 5.38. The van der Waals surface area contributed by atoms with Crippen LogP contribution >= 0.6 is 11.6 Å². The Morgan fingerprint density at radius 3 is 2.89 bits per heavy atom. The maximum Gasteiger partial charge on any atom is 0.260 e. The van der Waals surface area contributed by atoms with E-state index in [1.54, 1.807) is 0 Å². The van der Waals surface area contributed by atoms with Gasteiger partial charge in [-0.1, -0.05) is 5.10 Å². The molecule has 0 unspecified atom stereocenters. The van der Waals surface area contributed by atoms with Gasteiger partial charge in [-0.05, 0) is 5.21 Å². The van der Waals surface area contributed by atoms with Crippen molar-refractivity contribution in [1.29, 1.82) is 0 Å². The second-order valence-electron chi connectivity index (χ2n) is 1.43. The number of nitrogen functional groups attached to an aromatic ring is 1. The number of hydrogen-bond acceptors (Lipinski definition) is 4. The summed E-state index contributed by atoms with van der Waals surface area (Å²) < 4.78 is 0. The van der Waals surface area contributed by atoms with Crippen LogP contribution in [0, 0.1) is 0 Å². The standard InChI is InChI=1S/C3H6ClN5/c4-1-2-9-7-3(5)6-8-9/h1-2H2,(H2,5,7). The molecule has 0 amide bonds. The van der Waals surface area contributed by atoms with Gasteiger partial charge in [-0.3, -0.25) is 0 Å². The zero-order valence-electron chi connectivity index (χ0n) is 4.66. The Morgan fingerprint density at radius 2 is 2.44 bits per heavy atom. The Balaban J connectivity index is 2.61. The van der Waals surface area contributed by atoms with Gasteiger partial charge in [-0.2, -0.15) is 4.80 Å². The number of halogens is 1. The summed E-state index contributed by atoms with van der Waals surface area (Å²) in [6.07, 6.45) is 0. The van der Waals surface area contributed by atoms with Crippen molar-refractivity contribution >= 4 is 17.5 Å². The van der Waals surface area contributed by atoms with Crippen LogP contribution in [0.1, 0.15) is 0 Å². The molecule has 0 aromatic carbocycles. The van der Waals surface area contributed by atoms with Crippen LogP contribution in [0.3, 0.4) is 0 Å². The average molecular weight is 148 g/mol. The summed E-state index contributed by atoms with van der Waals surface area (Å²) >= 11 is 5.38. The molecule has 2 N–H and O–H groups in total. The first-order chi connectivity index (χ1) is 4.33. The Labute approximate surface area is 56.8 Å². The van der Waals surface area contributed by atoms with Gasteiger partial charge in [-0.15, -0.1) is 16.7 Å². The van der Waals surface area contributed by atoms with Crippen molar-refractivity contribution in [3.63, 3.8) is 0 Å². The second kappa shape index (κ2) is 2.63. The molecule has 50 valence electrons. The molecule has 6 heteroatoms. The minimum absolute atomic E-state index is 0.181. The van der Waals surface area contributed by atoms with E-state index in [-0.39, 0.29) is 5.95 Å². The molecule has 1 rings (SSSR count). The van der Waals surface area contributed by atoms with Gasteiger partial charge in [0.1, 0.15) is 0 Å². The summed E-state index contributed by atoms with van der Waals surface area (Å²) in [6, 6.07) is 0.